The van der Waals surface area contributed by atoms with E-state index in [1.165, 1.54) is 0 Å². The molecule has 0 spiro atoms. The van der Waals surface area contributed by atoms with Crippen molar-refractivity contribution in [2.75, 3.05) is 0 Å². The highest BCUT2D eigenvalue weighted by Gasteiger charge is 2.44. The molecule has 0 rings (SSSR count). The van der Waals surface area contributed by atoms with Gasteiger partial charge in [-0.1, -0.05) is 41.5 Å². The van der Waals surface area contributed by atoms with E-state index in [1.807, 2.05) is 47.6 Å². The first-order valence-corrected chi connectivity index (χ1v) is 7.24. The first-order chi connectivity index (χ1) is 8.76. The average Bonchev–Trinajstić information content (AvgIpc) is 2.45. The number of carbonyl (C=O) groups is 2. The Morgan fingerprint density at radius 2 is 1.16 bits per heavy atom. The first kappa shape index (κ1) is 17.8. The smallest absolute Gasteiger partial charge is 0.164 e. The van der Waals surface area contributed by atoms with Crippen LogP contribution in [0.2, 0.25) is 0 Å². The van der Waals surface area contributed by atoms with E-state index in [0.29, 0.717) is 25.7 Å². The van der Waals surface area contributed by atoms with Gasteiger partial charge in [0, 0.05) is 10.8 Å². The van der Waals surface area contributed by atoms with E-state index in [4.69, 9.17) is 0 Å². The monoisotopic (exact) mass is 265 g/mol. The predicted octanol–water partition coefficient (Wildman–Crippen LogP) is 3.92. The standard InChI is InChI=1S/C16H27NO2/c1-7-15(5,8-2)13(18)12(11-17)14(19)16(6,9-3)10-4/h12H,7-10H2,1-6H3. The average molecular weight is 265 g/mol. The summed E-state index contributed by atoms with van der Waals surface area (Å²) in [7, 11) is 0. The van der Waals surface area contributed by atoms with E-state index < -0.39 is 16.7 Å². The summed E-state index contributed by atoms with van der Waals surface area (Å²) in [5.74, 6) is -1.54. The molecule has 0 aliphatic rings. The Morgan fingerprint density at radius 1 is 0.895 bits per heavy atom. The summed E-state index contributed by atoms with van der Waals surface area (Å²) in [6, 6.07) is 1.95. The van der Waals surface area contributed by atoms with Gasteiger partial charge in [-0.25, -0.2) is 0 Å². The Hall–Kier alpha value is -1.17. The van der Waals surface area contributed by atoms with Gasteiger partial charge >= 0.3 is 0 Å². The topological polar surface area (TPSA) is 57.9 Å². The molecule has 0 unspecified atom stereocenters. The van der Waals surface area contributed by atoms with Gasteiger partial charge in [0.05, 0.1) is 6.07 Å². The lowest BCUT2D eigenvalue weighted by molar-refractivity contribution is -0.141. The van der Waals surface area contributed by atoms with E-state index in [9.17, 15) is 14.9 Å². The van der Waals surface area contributed by atoms with E-state index >= 15 is 0 Å². The van der Waals surface area contributed by atoms with E-state index in [2.05, 4.69) is 0 Å². The summed E-state index contributed by atoms with van der Waals surface area (Å²) in [5.41, 5.74) is -1.14. The molecule has 0 aliphatic carbocycles. The SMILES string of the molecule is CCC(C)(CC)C(=O)C(C#N)C(=O)C(C)(CC)CC. The van der Waals surface area contributed by atoms with E-state index in [0.717, 1.165) is 0 Å². The summed E-state index contributed by atoms with van der Waals surface area (Å²) in [6.45, 7) is 11.4. The normalized spacial score (nSPS) is 12.3. The minimum Gasteiger partial charge on any atom is -0.297 e. The lowest BCUT2D eigenvalue weighted by Gasteiger charge is -2.31. The van der Waals surface area contributed by atoms with Crippen LogP contribution < -0.4 is 0 Å². The Bertz CT molecular complexity index is 341. The van der Waals surface area contributed by atoms with Crippen LogP contribution in [0.25, 0.3) is 0 Å². The van der Waals surface area contributed by atoms with Crippen LogP contribution in [-0.2, 0) is 9.59 Å². The Morgan fingerprint density at radius 3 is 1.32 bits per heavy atom. The van der Waals surface area contributed by atoms with Crippen molar-refractivity contribution in [1.82, 2.24) is 0 Å². The van der Waals surface area contributed by atoms with Crippen LogP contribution >= 0.6 is 0 Å². The molecule has 108 valence electrons. The fraction of sp³-hybridized carbons (Fsp3) is 0.812. The molecule has 0 radical (unpaired) electrons. The van der Waals surface area contributed by atoms with Gasteiger partial charge in [0.15, 0.2) is 17.5 Å². The predicted molar refractivity (Wildman–Crippen MR) is 76.5 cm³/mol. The molecule has 0 heterocycles. The molecule has 0 aliphatic heterocycles. The lowest BCUT2D eigenvalue weighted by atomic mass is 9.69. The second-order valence-electron chi connectivity index (χ2n) is 5.83. The van der Waals surface area contributed by atoms with E-state index in [-0.39, 0.29) is 11.6 Å². The van der Waals surface area contributed by atoms with Crippen molar-refractivity contribution < 1.29 is 9.59 Å². The van der Waals surface area contributed by atoms with Gasteiger partial charge in [0.25, 0.3) is 0 Å². The molecule has 0 aromatic carbocycles. The summed E-state index contributed by atoms with van der Waals surface area (Å²) < 4.78 is 0. The maximum absolute atomic E-state index is 12.5. The highest BCUT2D eigenvalue weighted by molar-refractivity contribution is 6.09. The summed E-state index contributed by atoms with van der Waals surface area (Å²) in [5, 5.41) is 9.28. The van der Waals surface area contributed by atoms with Gasteiger partial charge in [-0.3, -0.25) is 9.59 Å². The summed E-state index contributed by atoms with van der Waals surface area (Å²) >= 11 is 0. The fourth-order valence-corrected chi connectivity index (χ4v) is 2.13. The number of rotatable bonds is 8. The van der Waals surface area contributed by atoms with Gasteiger partial charge in [-0.15, -0.1) is 0 Å². The molecule has 19 heavy (non-hydrogen) atoms. The molecule has 0 fully saturated rings. The highest BCUT2D eigenvalue weighted by Crippen LogP contribution is 2.35. The number of nitrogens with zero attached hydrogens (tertiary/aromatic N) is 1. The van der Waals surface area contributed by atoms with Crippen molar-refractivity contribution in [3.63, 3.8) is 0 Å². The number of hydrogen-bond acceptors (Lipinski definition) is 3. The Labute approximate surface area is 117 Å². The molecular formula is C16H27NO2. The van der Waals surface area contributed by atoms with Crippen LogP contribution in [0.5, 0.6) is 0 Å². The molecule has 0 N–H and O–H groups in total. The van der Waals surface area contributed by atoms with Gasteiger partial charge < -0.3 is 0 Å². The maximum atomic E-state index is 12.5. The van der Waals surface area contributed by atoms with Crippen LogP contribution in [0.3, 0.4) is 0 Å². The van der Waals surface area contributed by atoms with Crippen molar-refractivity contribution in [2.24, 2.45) is 16.7 Å². The molecule has 0 amide bonds. The van der Waals surface area contributed by atoms with Crippen molar-refractivity contribution in [3.8, 4) is 6.07 Å². The van der Waals surface area contributed by atoms with Crippen LogP contribution in [0.4, 0.5) is 0 Å². The second kappa shape index (κ2) is 6.84. The van der Waals surface area contributed by atoms with Gasteiger partial charge in [0.1, 0.15) is 0 Å². The number of ketones is 2. The first-order valence-electron chi connectivity index (χ1n) is 7.24. The molecule has 0 aromatic heterocycles. The van der Waals surface area contributed by atoms with Crippen molar-refractivity contribution in [1.29, 1.82) is 5.26 Å². The van der Waals surface area contributed by atoms with Crippen LogP contribution in [0.1, 0.15) is 67.2 Å². The minimum absolute atomic E-state index is 0.210. The maximum Gasteiger partial charge on any atom is 0.164 e. The van der Waals surface area contributed by atoms with Crippen LogP contribution in [0.15, 0.2) is 0 Å². The third-order valence-corrected chi connectivity index (χ3v) is 4.96. The fourth-order valence-electron chi connectivity index (χ4n) is 2.13. The molecule has 0 atom stereocenters. The number of nitriles is 1. The third kappa shape index (κ3) is 3.43. The zero-order chi connectivity index (χ0) is 15.3. The number of Topliss-reactive ketones (excluding diaryl/α,β-unsaturated/α-hetero) is 2. The summed E-state index contributed by atoms with van der Waals surface area (Å²) in [6.07, 6.45) is 2.62. The molecule has 3 nitrogen and oxygen atoms in total. The van der Waals surface area contributed by atoms with Gasteiger partial charge in [0.2, 0.25) is 0 Å². The zero-order valence-corrected chi connectivity index (χ0v) is 13.2. The van der Waals surface area contributed by atoms with Gasteiger partial charge in [-0.05, 0) is 25.7 Å². The van der Waals surface area contributed by atoms with Crippen molar-refractivity contribution in [2.45, 2.75) is 67.2 Å². The molecule has 0 aromatic rings. The summed E-state index contributed by atoms with van der Waals surface area (Å²) in [4.78, 5) is 25.1. The van der Waals surface area contributed by atoms with Crippen molar-refractivity contribution in [3.05, 3.63) is 0 Å². The molecule has 0 saturated heterocycles. The largest absolute Gasteiger partial charge is 0.297 e. The minimum atomic E-state index is -1.12. The Kier molecular flexibility index (Phi) is 6.42. The lowest BCUT2D eigenvalue weighted by Crippen LogP contribution is -2.41. The second-order valence-corrected chi connectivity index (χ2v) is 5.83. The van der Waals surface area contributed by atoms with Crippen LogP contribution in [0, 0.1) is 28.1 Å². The van der Waals surface area contributed by atoms with Gasteiger partial charge in [-0.2, -0.15) is 5.26 Å². The third-order valence-electron chi connectivity index (χ3n) is 4.96. The highest BCUT2D eigenvalue weighted by atomic mass is 16.2. The van der Waals surface area contributed by atoms with E-state index in [1.54, 1.807) is 0 Å². The Balaban J connectivity index is 5.42. The number of hydrogen-bond donors (Lipinski definition) is 0. The molecule has 3 heteroatoms. The molecule has 0 saturated carbocycles. The molecular weight excluding hydrogens is 238 g/mol. The van der Waals surface area contributed by atoms with Crippen molar-refractivity contribution >= 4 is 11.6 Å². The number of carbonyl (C=O) groups excluding carboxylic acids is 2. The zero-order valence-electron chi connectivity index (χ0n) is 13.2. The van der Waals surface area contributed by atoms with Crippen LogP contribution in [-0.4, -0.2) is 11.6 Å². The quantitative estimate of drug-likeness (QED) is 0.625. The molecule has 0 bridgehead atoms.